The summed E-state index contributed by atoms with van der Waals surface area (Å²) >= 11 is 0. The topological polar surface area (TPSA) is 184 Å². The Kier molecular flexibility index (Phi) is 12.9. The molecule has 4 aromatic heterocycles. The van der Waals surface area contributed by atoms with Gasteiger partial charge in [-0.25, -0.2) is 14.6 Å². The molecule has 1 unspecified atom stereocenters. The number of anilines is 1. The molecular formula is C44H59N13O4. The van der Waals surface area contributed by atoms with Gasteiger partial charge in [0.2, 0.25) is 11.8 Å². The van der Waals surface area contributed by atoms with Crippen molar-refractivity contribution >= 4 is 45.6 Å². The Morgan fingerprint density at radius 3 is 2.38 bits per heavy atom. The van der Waals surface area contributed by atoms with Gasteiger partial charge in [0.15, 0.2) is 5.65 Å². The van der Waals surface area contributed by atoms with E-state index in [1.54, 1.807) is 34.3 Å². The third-order valence-corrected chi connectivity index (χ3v) is 12.8. The van der Waals surface area contributed by atoms with E-state index < -0.39 is 12.1 Å². The molecule has 4 amide bonds. The number of pyridine rings is 2. The summed E-state index contributed by atoms with van der Waals surface area (Å²) < 4.78 is 1.74. The zero-order valence-electron chi connectivity index (χ0n) is 35.6. The van der Waals surface area contributed by atoms with E-state index in [-0.39, 0.29) is 41.9 Å². The fourth-order valence-corrected chi connectivity index (χ4v) is 9.34. The number of amides is 4. The van der Waals surface area contributed by atoms with E-state index in [4.69, 9.17) is 0 Å². The summed E-state index contributed by atoms with van der Waals surface area (Å²) in [5.41, 5.74) is 4.92. The number of hydrogen-bond acceptors (Lipinski definition) is 10. The number of H-pyrrole nitrogens is 2. The number of aromatic nitrogens is 6. The number of fused-ring (bicyclic) bond motifs is 2. The molecule has 4 N–H and O–H groups in total. The van der Waals surface area contributed by atoms with E-state index in [2.05, 4.69) is 64.6 Å². The smallest absolute Gasteiger partial charge is 0.327 e. The van der Waals surface area contributed by atoms with Gasteiger partial charge in [0.25, 0.3) is 0 Å². The van der Waals surface area contributed by atoms with Crippen molar-refractivity contribution in [2.24, 2.45) is 5.92 Å². The fourth-order valence-electron chi connectivity index (χ4n) is 9.34. The van der Waals surface area contributed by atoms with Crippen molar-refractivity contribution in [1.82, 2.24) is 59.9 Å². The van der Waals surface area contributed by atoms with Gasteiger partial charge < -0.3 is 35.1 Å². The number of likely N-dealkylation sites (tertiary alicyclic amines) is 2. The lowest BCUT2D eigenvalue weighted by atomic mass is 9.89. The van der Waals surface area contributed by atoms with Crippen LogP contribution in [0.1, 0.15) is 49.3 Å². The number of carbonyl (C=O) groups is 3. The Balaban J connectivity index is 0.988. The van der Waals surface area contributed by atoms with Gasteiger partial charge in [0.1, 0.15) is 12.1 Å². The van der Waals surface area contributed by atoms with E-state index in [1.165, 1.54) is 0 Å². The van der Waals surface area contributed by atoms with Crippen molar-refractivity contribution in [2.45, 2.75) is 63.6 Å². The van der Waals surface area contributed by atoms with Crippen LogP contribution in [0.3, 0.4) is 0 Å². The van der Waals surface area contributed by atoms with Crippen molar-refractivity contribution in [3.8, 4) is 0 Å². The third kappa shape index (κ3) is 9.89. The molecule has 0 bridgehead atoms. The number of piperazine rings is 1. The summed E-state index contributed by atoms with van der Waals surface area (Å²) in [6.45, 7) is 9.14. The molecule has 0 saturated carbocycles. The highest BCUT2D eigenvalue weighted by molar-refractivity contribution is 5.92. The van der Waals surface area contributed by atoms with Crippen LogP contribution in [0.2, 0.25) is 0 Å². The highest BCUT2D eigenvalue weighted by atomic mass is 16.2. The molecule has 3 saturated heterocycles. The number of aryl methyl sites for hydroxylation is 1. The molecule has 7 heterocycles. The maximum absolute atomic E-state index is 14.7. The second kappa shape index (κ2) is 18.8. The Bertz CT molecular complexity index is 2340. The van der Waals surface area contributed by atoms with Crippen LogP contribution < -0.4 is 21.2 Å². The van der Waals surface area contributed by atoms with Crippen LogP contribution in [0, 0.1) is 12.8 Å². The summed E-state index contributed by atoms with van der Waals surface area (Å²) in [7, 11) is 4.18. The van der Waals surface area contributed by atoms with Crippen LogP contribution in [0.4, 0.5) is 10.5 Å². The van der Waals surface area contributed by atoms with Crippen LogP contribution in [0.25, 0.3) is 22.1 Å². The average Bonchev–Trinajstić information content (AvgIpc) is 3.90. The van der Waals surface area contributed by atoms with Crippen molar-refractivity contribution in [2.75, 3.05) is 84.4 Å². The molecule has 61 heavy (non-hydrogen) atoms. The lowest BCUT2D eigenvalue weighted by Gasteiger charge is -2.39. The van der Waals surface area contributed by atoms with E-state index in [1.807, 2.05) is 48.2 Å². The van der Waals surface area contributed by atoms with Crippen LogP contribution >= 0.6 is 0 Å². The van der Waals surface area contributed by atoms with Gasteiger partial charge in [-0.3, -0.25) is 29.2 Å². The second-order valence-electron chi connectivity index (χ2n) is 17.2. The standard InChI is InChI=1S/C44H59N13O4/c1-30-25-32(26-33-29-47-51-39(30)33)28-36(49-43(60)56-17-10-35(11-18-56)57-38-5-4-12-46-40(38)50-44(57)61)41(58)48-37(27-31-8-15-53(16-9-31)20-19-52(2)3)42(59)55-23-21-54(22-24-55)34-6-13-45-14-7-34/h4-7,12-14,25-26,29,31,35-37H,8-11,15-24,27-28H2,1-3H3,(H,47,51)(H,48,58)(H,49,60)(H,46,50,61)/t36?,37-/m0/s1. The maximum atomic E-state index is 14.7. The molecular weight excluding hydrogens is 775 g/mol. The molecule has 3 aliphatic rings. The number of benzene rings is 1. The Labute approximate surface area is 355 Å². The summed E-state index contributed by atoms with van der Waals surface area (Å²) in [6, 6.07) is 9.51. The molecule has 3 fully saturated rings. The van der Waals surface area contributed by atoms with Gasteiger partial charge in [0, 0.05) is 94.5 Å². The SMILES string of the molecule is Cc1cc(CC(NC(=O)N2CCC(n3c(=O)[nH]c4ncccc43)CC2)C(=O)N[C@@H](CC2CCN(CCN(C)C)CC2)C(=O)N2CCN(c3ccncc3)CC2)cc2cn[nH]c12. The van der Waals surface area contributed by atoms with Crippen molar-refractivity contribution in [3.63, 3.8) is 0 Å². The number of nitrogens with zero attached hydrogens (tertiary/aromatic N) is 9. The lowest BCUT2D eigenvalue weighted by molar-refractivity contribution is -0.137. The molecule has 324 valence electrons. The minimum absolute atomic E-state index is 0.0803. The molecule has 17 heteroatoms. The van der Waals surface area contributed by atoms with Crippen LogP contribution in [-0.4, -0.2) is 159 Å². The highest BCUT2D eigenvalue weighted by Gasteiger charge is 2.35. The van der Waals surface area contributed by atoms with E-state index >= 15 is 0 Å². The van der Waals surface area contributed by atoms with E-state index in [0.29, 0.717) is 64.2 Å². The Morgan fingerprint density at radius 2 is 1.64 bits per heavy atom. The molecule has 3 aliphatic heterocycles. The molecule has 0 aliphatic carbocycles. The van der Waals surface area contributed by atoms with Crippen molar-refractivity contribution in [1.29, 1.82) is 0 Å². The van der Waals surface area contributed by atoms with E-state index in [9.17, 15) is 19.2 Å². The first-order chi connectivity index (χ1) is 29.6. The van der Waals surface area contributed by atoms with E-state index in [0.717, 1.165) is 72.3 Å². The first kappa shape index (κ1) is 41.9. The predicted molar refractivity (Wildman–Crippen MR) is 234 cm³/mol. The summed E-state index contributed by atoms with van der Waals surface area (Å²) in [4.78, 5) is 78.1. The largest absolute Gasteiger partial charge is 0.368 e. The molecule has 1 aromatic carbocycles. The van der Waals surface area contributed by atoms with Crippen LogP contribution in [-0.2, 0) is 16.0 Å². The summed E-state index contributed by atoms with van der Waals surface area (Å²) in [5, 5.41) is 14.5. The Morgan fingerprint density at radius 1 is 0.885 bits per heavy atom. The molecule has 5 aromatic rings. The van der Waals surface area contributed by atoms with Gasteiger partial charge in [-0.15, -0.1) is 0 Å². The number of rotatable bonds is 13. The minimum Gasteiger partial charge on any atom is -0.368 e. The summed E-state index contributed by atoms with van der Waals surface area (Å²) in [6.07, 6.45) is 10.8. The monoisotopic (exact) mass is 833 g/mol. The summed E-state index contributed by atoms with van der Waals surface area (Å²) in [5.74, 6) is -0.199. The van der Waals surface area contributed by atoms with Gasteiger partial charge in [-0.2, -0.15) is 5.10 Å². The predicted octanol–water partition coefficient (Wildman–Crippen LogP) is 2.76. The normalized spacial score (nSPS) is 18.2. The number of hydrogen-bond donors (Lipinski definition) is 4. The number of carbonyl (C=O) groups excluding carboxylic acids is 3. The number of likely N-dealkylation sites (N-methyl/N-ethyl adjacent to an activating group) is 1. The number of urea groups is 1. The van der Waals surface area contributed by atoms with Gasteiger partial charge in [-0.1, -0.05) is 6.07 Å². The highest BCUT2D eigenvalue weighted by Crippen LogP contribution is 2.27. The Hall–Kier alpha value is -5.81. The molecule has 0 radical (unpaired) electrons. The van der Waals surface area contributed by atoms with Gasteiger partial charge in [0.05, 0.1) is 17.2 Å². The molecule has 2 atom stereocenters. The first-order valence-electron chi connectivity index (χ1n) is 21.7. The minimum atomic E-state index is -0.956. The van der Waals surface area contributed by atoms with Crippen molar-refractivity contribution in [3.05, 3.63) is 82.8 Å². The van der Waals surface area contributed by atoms with Crippen LogP contribution in [0.15, 0.2) is 66.0 Å². The van der Waals surface area contributed by atoms with Crippen molar-refractivity contribution < 1.29 is 14.4 Å². The molecule has 0 spiro atoms. The molecule has 8 rings (SSSR count). The number of piperidine rings is 2. The van der Waals surface area contributed by atoms with Gasteiger partial charge >= 0.3 is 11.7 Å². The zero-order valence-corrected chi connectivity index (χ0v) is 35.6. The quantitative estimate of drug-likeness (QED) is 0.138. The third-order valence-electron chi connectivity index (χ3n) is 12.8. The number of aromatic amines is 2. The second-order valence-corrected chi connectivity index (χ2v) is 17.2. The number of nitrogens with one attached hydrogen (secondary N) is 4. The maximum Gasteiger partial charge on any atom is 0.327 e. The zero-order chi connectivity index (χ0) is 42.5. The van der Waals surface area contributed by atoms with Crippen LogP contribution in [0.5, 0.6) is 0 Å². The first-order valence-corrected chi connectivity index (χ1v) is 21.7. The van der Waals surface area contributed by atoms with Gasteiger partial charge in [-0.05, 0) is 114 Å². The fraction of sp³-hybridized carbons (Fsp3) is 0.523. The number of imidazole rings is 1. The molecule has 17 nitrogen and oxygen atoms in total. The average molecular weight is 834 g/mol. The lowest BCUT2D eigenvalue weighted by Crippen LogP contribution is -2.59.